The normalized spacial score (nSPS) is 14.9. The SMILES string of the molecule is CC(CC(=O)NCc1ccc(C(=O)N2CCCC2)cc1)c1ccccc1. The Hall–Kier alpha value is -2.62. The van der Waals surface area contributed by atoms with Crippen molar-refractivity contribution in [3.63, 3.8) is 0 Å². The summed E-state index contributed by atoms with van der Waals surface area (Å²) in [7, 11) is 0. The molecule has 0 radical (unpaired) electrons. The zero-order valence-electron chi connectivity index (χ0n) is 15.3. The summed E-state index contributed by atoms with van der Waals surface area (Å²) in [4.78, 5) is 26.4. The van der Waals surface area contributed by atoms with Gasteiger partial charge in [0, 0.05) is 31.6 Å². The van der Waals surface area contributed by atoms with Gasteiger partial charge in [-0.2, -0.15) is 0 Å². The lowest BCUT2D eigenvalue weighted by atomic mass is 9.97. The van der Waals surface area contributed by atoms with Crippen LogP contribution >= 0.6 is 0 Å². The number of hydrogen-bond donors (Lipinski definition) is 1. The summed E-state index contributed by atoms with van der Waals surface area (Å²) in [6.07, 6.45) is 2.66. The molecule has 1 aliphatic heterocycles. The van der Waals surface area contributed by atoms with Crippen LogP contribution < -0.4 is 5.32 Å². The topological polar surface area (TPSA) is 49.4 Å². The number of carbonyl (C=O) groups excluding carboxylic acids is 2. The number of rotatable bonds is 6. The highest BCUT2D eigenvalue weighted by molar-refractivity contribution is 5.94. The van der Waals surface area contributed by atoms with Gasteiger partial charge in [0.15, 0.2) is 0 Å². The minimum atomic E-state index is 0.0403. The Balaban J connectivity index is 1.48. The predicted molar refractivity (Wildman–Crippen MR) is 103 cm³/mol. The van der Waals surface area contributed by atoms with Gasteiger partial charge in [-0.25, -0.2) is 0 Å². The van der Waals surface area contributed by atoms with E-state index in [4.69, 9.17) is 0 Å². The molecular formula is C22H26N2O2. The average molecular weight is 350 g/mol. The average Bonchev–Trinajstić information content (AvgIpc) is 3.21. The van der Waals surface area contributed by atoms with Crippen LogP contribution in [0, 0.1) is 0 Å². The van der Waals surface area contributed by atoms with Crippen molar-refractivity contribution >= 4 is 11.8 Å². The summed E-state index contributed by atoms with van der Waals surface area (Å²) in [5.41, 5.74) is 2.90. The molecular weight excluding hydrogens is 324 g/mol. The first kappa shape index (κ1) is 18.2. The molecule has 2 amide bonds. The van der Waals surface area contributed by atoms with E-state index >= 15 is 0 Å². The second kappa shape index (κ2) is 8.65. The monoisotopic (exact) mass is 350 g/mol. The molecule has 2 aromatic rings. The van der Waals surface area contributed by atoms with Gasteiger partial charge in [-0.15, -0.1) is 0 Å². The van der Waals surface area contributed by atoms with Crippen LogP contribution in [0.3, 0.4) is 0 Å². The minimum absolute atomic E-state index is 0.0403. The van der Waals surface area contributed by atoms with E-state index in [0.29, 0.717) is 13.0 Å². The maximum absolute atomic E-state index is 12.3. The molecule has 0 saturated carbocycles. The molecule has 1 N–H and O–H groups in total. The van der Waals surface area contributed by atoms with E-state index in [0.717, 1.165) is 37.1 Å². The van der Waals surface area contributed by atoms with Gasteiger partial charge in [0.05, 0.1) is 0 Å². The van der Waals surface area contributed by atoms with E-state index in [1.165, 1.54) is 5.56 Å². The van der Waals surface area contributed by atoms with Crippen LogP contribution in [-0.2, 0) is 11.3 Å². The molecule has 1 heterocycles. The third-order valence-electron chi connectivity index (χ3n) is 4.94. The summed E-state index contributed by atoms with van der Waals surface area (Å²) in [5, 5.41) is 2.97. The summed E-state index contributed by atoms with van der Waals surface area (Å²) in [5.74, 6) is 0.338. The molecule has 1 atom stereocenters. The molecule has 0 bridgehead atoms. The van der Waals surface area contributed by atoms with E-state index in [-0.39, 0.29) is 17.7 Å². The summed E-state index contributed by atoms with van der Waals surface area (Å²) in [6, 6.07) is 17.6. The maximum Gasteiger partial charge on any atom is 0.253 e. The second-order valence-electron chi connectivity index (χ2n) is 6.99. The van der Waals surface area contributed by atoms with E-state index < -0.39 is 0 Å². The van der Waals surface area contributed by atoms with Crippen molar-refractivity contribution in [2.24, 2.45) is 0 Å². The number of nitrogens with one attached hydrogen (secondary N) is 1. The summed E-state index contributed by atoms with van der Waals surface area (Å²) >= 11 is 0. The van der Waals surface area contributed by atoms with Crippen LogP contribution in [0.2, 0.25) is 0 Å². The second-order valence-corrected chi connectivity index (χ2v) is 6.99. The van der Waals surface area contributed by atoms with Gasteiger partial charge in [-0.05, 0) is 42.0 Å². The quantitative estimate of drug-likeness (QED) is 0.863. The number of nitrogens with zero attached hydrogens (tertiary/aromatic N) is 1. The Labute approximate surface area is 155 Å². The number of carbonyl (C=O) groups is 2. The first-order valence-corrected chi connectivity index (χ1v) is 9.33. The van der Waals surface area contributed by atoms with Crippen LogP contribution in [-0.4, -0.2) is 29.8 Å². The molecule has 4 nitrogen and oxygen atoms in total. The van der Waals surface area contributed by atoms with Crippen LogP contribution in [0.4, 0.5) is 0 Å². The fourth-order valence-corrected chi connectivity index (χ4v) is 3.32. The molecule has 2 aromatic carbocycles. The van der Waals surface area contributed by atoms with Gasteiger partial charge in [0.2, 0.25) is 5.91 Å². The van der Waals surface area contributed by atoms with Crippen LogP contribution in [0.15, 0.2) is 54.6 Å². The number of benzene rings is 2. The molecule has 3 rings (SSSR count). The number of hydrogen-bond acceptors (Lipinski definition) is 2. The summed E-state index contributed by atoms with van der Waals surface area (Å²) < 4.78 is 0. The van der Waals surface area contributed by atoms with Crippen LogP contribution in [0.1, 0.15) is 53.6 Å². The Morgan fingerprint density at radius 1 is 1.00 bits per heavy atom. The van der Waals surface area contributed by atoms with E-state index in [9.17, 15) is 9.59 Å². The zero-order chi connectivity index (χ0) is 18.4. The standard InChI is InChI=1S/C22H26N2O2/c1-17(19-7-3-2-4-8-19)15-21(25)23-16-18-9-11-20(12-10-18)22(26)24-13-5-6-14-24/h2-4,7-12,17H,5-6,13-16H2,1H3,(H,23,25). The van der Waals surface area contributed by atoms with Crippen LogP contribution in [0.5, 0.6) is 0 Å². The molecule has 0 aromatic heterocycles. The van der Waals surface area contributed by atoms with E-state index in [1.54, 1.807) is 0 Å². The van der Waals surface area contributed by atoms with Gasteiger partial charge in [0.25, 0.3) is 5.91 Å². The molecule has 1 saturated heterocycles. The Morgan fingerprint density at radius 2 is 1.65 bits per heavy atom. The molecule has 1 unspecified atom stereocenters. The van der Waals surface area contributed by atoms with Crippen molar-refractivity contribution < 1.29 is 9.59 Å². The van der Waals surface area contributed by atoms with E-state index in [1.807, 2.05) is 59.5 Å². The van der Waals surface area contributed by atoms with Crippen molar-refractivity contribution in [1.82, 2.24) is 10.2 Å². The highest BCUT2D eigenvalue weighted by Gasteiger charge is 2.19. The Kier molecular flexibility index (Phi) is 6.05. The van der Waals surface area contributed by atoms with Gasteiger partial charge in [0.1, 0.15) is 0 Å². The highest BCUT2D eigenvalue weighted by Crippen LogP contribution is 2.18. The van der Waals surface area contributed by atoms with Crippen molar-refractivity contribution in [1.29, 1.82) is 0 Å². The molecule has 1 fully saturated rings. The highest BCUT2D eigenvalue weighted by atomic mass is 16.2. The van der Waals surface area contributed by atoms with Crippen molar-refractivity contribution in [3.05, 3.63) is 71.3 Å². The van der Waals surface area contributed by atoms with Crippen LogP contribution in [0.25, 0.3) is 0 Å². The van der Waals surface area contributed by atoms with Crippen molar-refractivity contribution in [2.75, 3.05) is 13.1 Å². The summed E-state index contributed by atoms with van der Waals surface area (Å²) in [6.45, 7) is 4.26. The van der Waals surface area contributed by atoms with Crippen molar-refractivity contribution in [2.45, 2.75) is 38.6 Å². The third-order valence-corrected chi connectivity index (χ3v) is 4.94. The smallest absolute Gasteiger partial charge is 0.253 e. The zero-order valence-corrected chi connectivity index (χ0v) is 15.3. The predicted octanol–water partition coefficient (Wildman–Crippen LogP) is 3.73. The molecule has 0 aliphatic carbocycles. The Bertz CT molecular complexity index is 734. The van der Waals surface area contributed by atoms with Gasteiger partial charge >= 0.3 is 0 Å². The molecule has 26 heavy (non-hydrogen) atoms. The first-order chi connectivity index (χ1) is 12.6. The molecule has 4 heteroatoms. The van der Waals surface area contributed by atoms with Gasteiger partial charge < -0.3 is 10.2 Å². The fourth-order valence-electron chi connectivity index (χ4n) is 3.32. The Morgan fingerprint density at radius 3 is 2.31 bits per heavy atom. The lowest BCUT2D eigenvalue weighted by Crippen LogP contribution is -2.27. The third kappa shape index (κ3) is 4.72. The lowest BCUT2D eigenvalue weighted by molar-refractivity contribution is -0.121. The lowest BCUT2D eigenvalue weighted by Gasteiger charge is -2.15. The van der Waals surface area contributed by atoms with Gasteiger partial charge in [-0.1, -0.05) is 49.4 Å². The molecule has 0 spiro atoms. The van der Waals surface area contributed by atoms with Crippen molar-refractivity contribution in [3.8, 4) is 0 Å². The molecule has 1 aliphatic rings. The maximum atomic E-state index is 12.3. The fraction of sp³-hybridized carbons (Fsp3) is 0.364. The first-order valence-electron chi connectivity index (χ1n) is 9.33. The van der Waals surface area contributed by atoms with Gasteiger partial charge in [-0.3, -0.25) is 9.59 Å². The largest absolute Gasteiger partial charge is 0.352 e. The minimum Gasteiger partial charge on any atom is -0.352 e. The number of likely N-dealkylation sites (tertiary alicyclic amines) is 1. The van der Waals surface area contributed by atoms with E-state index in [2.05, 4.69) is 12.2 Å². The molecule has 136 valence electrons. The number of amides is 2.